The lowest BCUT2D eigenvalue weighted by molar-refractivity contribution is -0.877. The summed E-state index contributed by atoms with van der Waals surface area (Å²) in [6.07, 6.45) is 1.72. The molecular weight excluding hydrogens is 208 g/mol. The summed E-state index contributed by atoms with van der Waals surface area (Å²) < 4.78 is 0. The molecule has 1 fully saturated rings. The fourth-order valence-electron chi connectivity index (χ4n) is 1.93. The number of hydrogen-bond donors (Lipinski definition) is 1. The molecule has 1 aliphatic rings. The molecule has 0 radical (unpaired) electrons. The molecule has 1 amide bonds. The van der Waals surface area contributed by atoms with E-state index in [-0.39, 0.29) is 12.3 Å². The Hall–Kier alpha value is -1.10. The van der Waals surface area contributed by atoms with Gasteiger partial charge in [0.15, 0.2) is 0 Å². The number of aliphatic carboxylic acids is 1. The molecule has 1 saturated heterocycles. The molecule has 0 aromatic rings. The van der Waals surface area contributed by atoms with E-state index in [4.69, 9.17) is 0 Å². The van der Waals surface area contributed by atoms with Crippen molar-refractivity contribution >= 4 is 11.9 Å². The fourth-order valence-corrected chi connectivity index (χ4v) is 1.93. The number of likely N-dealkylation sites (N-methyl/N-ethyl adjacent to an activating group) is 1. The third-order valence-electron chi connectivity index (χ3n) is 2.96. The van der Waals surface area contributed by atoms with Gasteiger partial charge in [0.2, 0.25) is 5.91 Å². The number of carbonyl (C=O) groups excluding carboxylic acids is 2. The van der Waals surface area contributed by atoms with E-state index in [1.54, 1.807) is 0 Å². The molecule has 0 aromatic heterocycles. The molecule has 1 N–H and O–H groups in total. The van der Waals surface area contributed by atoms with Gasteiger partial charge in [-0.3, -0.25) is 4.79 Å². The molecule has 0 aliphatic carbocycles. The van der Waals surface area contributed by atoms with Crippen LogP contribution in [0.2, 0.25) is 0 Å². The van der Waals surface area contributed by atoms with Crippen molar-refractivity contribution < 1.29 is 19.6 Å². The van der Waals surface area contributed by atoms with Crippen molar-refractivity contribution in [2.75, 3.05) is 33.2 Å². The van der Waals surface area contributed by atoms with Gasteiger partial charge in [-0.1, -0.05) is 0 Å². The van der Waals surface area contributed by atoms with Crippen molar-refractivity contribution in [1.29, 1.82) is 0 Å². The minimum absolute atomic E-state index is 0.0231. The Labute approximate surface area is 96.0 Å². The van der Waals surface area contributed by atoms with Crippen molar-refractivity contribution in [3.8, 4) is 0 Å². The summed E-state index contributed by atoms with van der Waals surface area (Å²) in [5.41, 5.74) is 0. The molecule has 1 atom stereocenters. The van der Waals surface area contributed by atoms with Gasteiger partial charge >= 0.3 is 0 Å². The molecule has 0 aromatic carbocycles. The highest BCUT2D eigenvalue weighted by molar-refractivity contribution is 5.76. The predicted octanol–water partition coefficient (Wildman–Crippen LogP) is -2.35. The van der Waals surface area contributed by atoms with Crippen molar-refractivity contribution in [2.45, 2.75) is 25.7 Å². The first kappa shape index (κ1) is 13.0. The van der Waals surface area contributed by atoms with E-state index in [2.05, 4.69) is 7.05 Å². The summed E-state index contributed by atoms with van der Waals surface area (Å²) in [6.45, 7) is 3.67. The van der Waals surface area contributed by atoms with Gasteiger partial charge in [0.05, 0.1) is 26.7 Å². The van der Waals surface area contributed by atoms with E-state index in [1.165, 1.54) is 4.90 Å². The van der Waals surface area contributed by atoms with E-state index in [9.17, 15) is 14.7 Å². The highest BCUT2D eigenvalue weighted by Gasteiger charge is 2.18. The summed E-state index contributed by atoms with van der Waals surface area (Å²) in [7, 11) is 2.13. The number of carboxylic acid groups (broad SMARTS) is 1. The Morgan fingerprint density at radius 1 is 1.25 bits per heavy atom. The van der Waals surface area contributed by atoms with Gasteiger partial charge < -0.3 is 19.7 Å². The number of hydrogen-bond acceptors (Lipinski definition) is 3. The maximum Gasteiger partial charge on any atom is 0.222 e. The molecule has 1 unspecified atom stereocenters. The van der Waals surface area contributed by atoms with Crippen LogP contribution < -0.4 is 10.0 Å². The average molecular weight is 228 g/mol. The smallest absolute Gasteiger partial charge is 0.222 e. The first-order chi connectivity index (χ1) is 7.59. The van der Waals surface area contributed by atoms with Crippen LogP contribution in [0.1, 0.15) is 25.7 Å². The third kappa shape index (κ3) is 4.61. The minimum Gasteiger partial charge on any atom is -0.550 e. The van der Waals surface area contributed by atoms with Crippen LogP contribution in [-0.2, 0) is 9.59 Å². The molecular formula is C11H20N2O3. The predicted molar refractivity (Wildman–Crippen MR) is 56.7 cm³/mol. The zero-order valence-corrected chi connectivity index (χ0v) is 9.83. The highest BCUT2D eigenvalue weighted by atomic mass is 16.4. The molecule has 1 rings (SSSR count). The number of amides is 1. The van der Waals surface area contributed by atoms with E-state index in [0.29, 0.717) is 12.8 Å². The second-order valence-electron chi connectivity index (χ2n) is 4.42. The van der Waals surface area contributed by atoms with Crippen molar-refractivity contribution in [1.82, 2.24) is 4.90 Å². The molecule has 0 saturated carbocycles. The van der Waals surface area contributed by atoms with Crippen LogP contribution in [0, 0.1) is 0 Å². The van der Waals surface area contributed by atoms with Crippen LogP contribution in [0.15, 0.2) is 0 Å². The van der Waals surface area contributed by atoms with E-state index in [0.717, 1.165) is 32.6 Å². The Bertz CT molecular complexity index is 256. The zero-order valence-electron chi connectivity index (χ0n) is 9.83. The number of quaternary nitrogens is 1. The molecule has 1 heterocycles. The lowest BCUT2D eigenvalue weighted by Crippen LogP contribution is -3.09. The summed E-state index contributed by atoms with van der Waals surface area (Å²) >= 11 is 0. The molecule has 5 heteroatoms. The van der Waals surface area contributed by atoms with E-state index >= 15 is 0 Å². The van der Waals surface area contributed by atoms with Gasteiger partial charge in [0, 0.05) is 25.4 Å². The second kappa shape index (κ2) is 6.48. The monoisotopic (exact) mass is 228 g/mol. The maximum atomic E-state index is 11.7. The van der Waals surface area contributed by atoms with E-state index < -0.39 is 5.97 Å². The van der Waals surface area contributed by atoms with Gasteiger partial charge in [-0.25, -0.2) is 0 Å². The maximum absolute atomic E-state index is 11.7. The van der Waals surface area contributed by atoms with Crippen LogP contribution in [-0.4, -0.2) is 50.0 Å². The summed E-state index contributed by atoms with van der Waals surface area (Å²) in [6, 6.07) is 0. The SMILES string of the molecule is C[NH+]1CCCN(C(=O)CCCC(=O)[O-])CC1. The van der Waals surface area contributed by atoms with Crippen LogP contribution in [0.25, 0.3) is 0 Å². The van der Waals surface area contributed by atoms with Crippen molar-refractivity contribution in [2.24, 2.45) is 0 Å². The van der Waals surface area contributed by atoms with Gasteiger partial charge in [0.25, 0.3) is 0 Å². The molecule has 16 heavy (non-hydrogen) atoms. The fraction of sp³-hybridized carbons (Fsp3) is 0.818. The number of nitrogens with one attached hydrogen (secondary N) is 1. The van der Waals surface area contributed by atoms with Crippen LogP contribution in [0.3, 0.4) is 0 Å². The topological polar surface area (TPSA) is 64.9 Å². The van der Waals surface area contributed by atoms with Gasteiger partial charge in [-0.2, -0.15) is 0 Å². The minimum atomic E-state index is -1.08. The van der Waals surface area contributed by atoms with Gasteiger partial charge in [0.1, 0.15) is 0 Å². The highest BCUT2D eigenvalue weighted by Crippen LogP contribution is 2.02. The van der Waals surface area contributed by atoms with Crippen LogP contribution in [0.5, 0.6) is 0 Å². The molecule has 92 valence electrons. The molecule has 5 nitrogen and oxygen atoms in total. The largest absolute Gasteiger partial charge is 0.550 e. The Morgan fingerprint density at radius 3 is 2.69 bits per heavy atom. The van der Waals surface area contributed by atoms with Gasteiger partial charge in [-0.15, -0.1) is 0 Å². The first-order valence-electron chi connectivity index (χ1n) is 5.88. The Kier molecular flexibility index (Phi) is 5.25. The standard InChI is InChI=1S/C11H20N2O3/c1-12-6-3-7-13(9-8-12)10(14)4-2-5-11(15)16/h2-9H2,1H3,(H,15,16). The quantitative estimate of drug-likeness (QED) is 0.586. The molecule has 0 spiro atoms. The third-order valence-corrected chi connectivity index (χ3v) is 2.96. The molecule has 1 aliphatic heterocycles. The lowest BCUT2D eigenvalue weighted by Gasteiger charge is -2.19. The summed E-state index contributed by atoms with van der Waals surface area (Å²) in [4.78, 5) is 25.3. The number of rotatable bonds is 4. The van der Waals surface area contributed by atoms with Crippen molar-refractivity contribution in [3.05, 3.63) is 0 Å². The number of nitrogens with zero attached hydrogens (tertiary/aromatic N) is 1. The normalized spacial score (nSPS) is 21.6. The Morgan fingerprint density at radius 2 is 2.00 bits per heavy atom. The van der Waals surface area contributed by atoms with Gasteiger partial charge in [-0.05, 0) is 12.8 Å². The van der Waals surface area contributed by atoms with Crippen LogP contribution >= 0.6 is 0 Å². The number of carbonyl (C=O) groups is 2. The zero-order chi connectivity index (χ0) is 12.0. The number of carboxylic acids is 1. The first-order valence-corrected chi connectivity index (χ1v) is 5.88. The lowest BCUT2D eigenvalue weighted by atomic mass is 10.2. The van der Waals surface area contributed by atoms with Crippen molar-refractivity contribution in [3.63, 3.8) is 0 Å². The summed E-state index contributed by atoms with van der Waals surface area (Å²) in [5.74, 6) is -0.996. The van der Waals surface area contributed by atoms with Crippen LogP contribution in [0.4, 0.5) is 0 Å². The second-order valence-corrected chi connectivity index (χ2v) is 4.42. The summed E-state index contributed by atoms with van der Waals surface area (Å²) in [5, 5.41) is 10.2. The van der Waals surface area contributed by atoms with E-state index in [1.807, 2.05) is 4.90 Å². The Balaban J connectivity index is 2.27. The molecule has 0 bridgehead atoms. The average Bonchev–Trinajstić information content (AvgIpc) is 2.42.